The number of para-hydroxylation sites is 1. The molecular formula is C32H21N3. The van der Waals surface area contributed by atoms with Crippen LogP contribution in [0.2, 0.25) is 0 Å². The Balaban J connectivity index is 1.69. The van der Waals surface area contributed by atoms with E-state index in [2.05, 4.69) is 108 Å². The van der Waals surface area contributed by atoms with Gasteiger partial charge in [0.15, 0.2) is 5.65 Å². The van der Waals surface area contributed by atoms with Gasteiger partial charge >= 0.3 is 0 Å². The Morgan fingerprint density at radius 1 is 0.486 bits per heavy atom. The fourth-order valence-electron chi connectivity index (χ4n) is 5.19. The van der Waals surface area contributed by atoms with E-state index in [1.54, 1.807) is 0 Å². The van der Waals surface area contributed by atoms with Crippen LogP contribution < -0.4 is 0 Å². The number of nitrogens with zero attached hydrogens (tertiary/aromatic N) is 3. The van der Waals surface area contributed by atoms with Gasteiger partial charge in [-0.05, 0) is 56.9 Å². The minimum absolute atomic E-state index is 0.856. The molecule has 0 saturated carbocycles. The maximum absolute atomic E-state index is 5.16. The van der Waals surface area contributed by atoms with Gasteiger partial charge in [0, 0.05) is 17.4 Å². The highest BCUT2D eigenvalue weighted by Crippen LogP contribution is 2.44. The molecule has 5 aromatic carbocycles. The van der Waals surface area contributed by atoms with E-state index in [4.69, 9.17) is 9.97 Å². The summed E-state index contributed by atoms with van der Waals surface area (Å²) < 4.78 is 2.19. The summed E-state index contributed by atoms with van der Waals surface area (Å²) in [6, 6.07) is 42.4. The van der Waals surface area contributed by atoms with Crippen LogP contribution in [0.15, 0.2) is 128 Å². The van der Waals surface area contributed by atoms with Crippen molar-refractivity contribution in [3.05, 3.63) is 128 Å². The van der Waals surface area contributed by atoms with Gasteiger partial charge in [-0.1, -0.05) is 97.1 Å². The Hall–Kier alpha value is -4.76. The third kappa shape index (κ3) is 3.06. The molecule has 0 bridgehead atoms. The maximum Gasteiger partial charge on any atom is 0.164 e. The molecule has 0 radical (unpaired) electrons. The molecule has 7 aromatic rings. The molecule has 164 valence electrons. The first-order chi connectivity index (χ1) is 17.4. The van der Waals surface area contributed by atoms with E-state index in [0.717, 1.165) is 28.2 Å². The molecule has 3 heteroatoms. The van der Waals surface area contributed by atoms with Crippen molar-refractivity contribution in [2.75, 3.05) is 0 Å². The zero-order valence-corrected chi connectivity index (χ0v) is 19.0. The van der Waals surface area contributed by atoms with Gasteiger partial charge in [-0.15, -0.1) is 0 Å². The predicted octanol–water partition coefficient (Wildman–Crippen LogP) is 8.06. The number of imidazole rings is 1. The van der Waals surface area contributed by atoms with Gasteiger partial charge in [0.25, 0.3) is 0 Å². The van der Waals surface area contributed by atoms with E-state index in [9.17, 15) is 0 Å². The first-order valence-electron chi connectivity index (χ1n) is 11.8. The molecule has 0 saturated heterocycles. The average molecular weight is 448 g/mol. The third-order valence-electron chi connectivity index (χ3n) is 6.65. The van der Waals surface area contributed by atoms with Crippen molar-refractivity contribution in [2.45, 2.75) is 0 Å². The Kier molecular flexibility index (Phi) is 4.46. The quantitative estimate of drug-likeness (QED) is 0.256. The lowest BCUT2D eigenvalue weighted by atomic mass is 9.88. The minimum Gasteiger partial charge on any atom is -0.277 e. The zero-order chi connectivity index (χ0) is 23.2. The van der Waals surface area contributed by atoms with Crippen LogP contribution in [-0.2, 0) is 0 Å². The number of benzene rings is 5. The molecule has 0 fully saturated rings. The molecule has 0 aliphatic heterocycles. The van der Waals surface area contributed by atoms with Crippen molar-refractivity contribution >= 4 is 32.7 Å². The zero-order valence-electron chi connectivity index (χ0n) is 19.0. The maximum atomic E-state index is 5.16. The van der Waals surface area contributed by atoms with E-state index in [1.165, 1.54) is 32.7 Å². The monoisotopic (exact) mass is 447 g/mol. The second-order valence-corrected chi connectivity index (χ2v) is 8.66. The molecule has 0 atom stereocenters. The fraction of sp³-hybridized carbons (Fsp3) is 0. The molecular weight excluding hydrogens is 426 g/mol. The van der Waals surface area contributed by atoms with Crippen molar-refractivity contribution in [2.24, 2.45) is 0 Å². The largest absolute Gasteiger partial charge is 0.277 e. The second kappa shape index (κ2) is 7.93. The molecule has 2 aromatic heterocycles. The van der Waals surface area contributed by atoms with Crippen LogP contribution >= 0.6 is 0 Å². The van der Waals surface area contributed by atoms with Gasteiger partial charge in [-0.2, -0.15) is 0 Å². The summed E-state index contributed by atoms with van der Waals surface area (Å²) >= 11 is 0. The number of hydrogen-bond acceptors (Lipinski definition) is 2. The minimum atomic E-state index is 0.856. The molecule has 35 heavy (non-hydrogen) atoms. The van der Waals surface area contributed by atoms with E-state index < -0.39 is 0 Å². The van der Waals surface area contributed by atoms with Crippen LogP contribution in [0.5, 0.6) is 0 Å². The number of pyridine rings is 1. The Bertz CT molecular complexity index is 1780. The van der Waals surface area contributed by atoms with Crippen LogP contribution in [0, 0.1) is 0 Å². The predicted molar refractivity (Wildman–Crippen MR) is 145 cm³/mol. The van der Waals surface area contributed by atoms with Crippen molar-refractivity contribution in [3.8, 4) is 28.2 Å². The lowest BCUT2D eigenvalue weighted by Gasteiger charge is -2.18. The molecule has 0 N–H and O–H groups in total. The topological polar surface area (TPSA) is 30.7 Å². The first kappa shape index (κ1) is 19.7. The lowest BCUT2D eigenvalue weighted by Crippen LogP contribution is -2.00. The summed E-state index contributed by atoms with van der Waals surface area (Å²) in [7, 11) is 0. The van der Waals surface area contributed by atoms with Gasteiger partial charge < -0.3 is 0 Å². The Morgan fingerprint density at radius 2 is 1.03 bits per heavy atom. The third-order valence-corrected chi connectivity index (χ3v) is 6.65. The number of aromatic nitrogens is 3. The van der Waals surface area contributed by atoms with Gasteiger partial charge in [-0.3, -0.25) is 4.57 Å². The summed E-state index contributed by atoms with van der Waals surface area (Å²) in [4.78, 5) is 9.89. The van der Waals surface area contributed by atoms with E-state index in [1.807, 2.05) is 24.4 Å². The summed E-state index contributed by atoms with van der Waals surface area (Å²) in [6.45, 7) is 0. The smallest absolute Gasteiger partial charge is 0.164 e. The van der Waals surface area contributed by atoms with Gasteiger partial charge in [-0.25, -0.2) is 9.97 Å². The Labute approximate surface area is 203 Å². The Morgan fingerprint density at radius 3 is 1.66 bits per heavy atom. The normalized spacial score (nSPS) is 11.4. The highest BCUT2D eigenvalue weighted by Gasteiger charge is 2.22. The van der Waals surface area contributed by atoms with Crippen LogP contribution in [0.1, 0.15) is 0 Å². The van der Waals surface area contributed by atoms with E-state index >= 15 is 0 Å². The van der Waals surface area contributed by atoms with Crippen molar-refractivity contribution in [1.29, 1.82) is 0 Å². The first-order valence-corrected chi connectivity index (χ1v) is 11.8. The highest BCUT2D eigenvalue weighted by molar-refractivity contribution is 6.21. The number of hydrogen-bond donors (Lipinski definition) is 0. The van der Waals surface area contributed by atoms with Crippen LogP contribution in [0.4, 0.5) is 0 Å². The van der Waals surface area contributed by atoms with E-state index in [0.29, 0.717) is 0 Å². The SMILES string of the molecule is c1ccc(-c2c3ccccc3c(-c3nc4cccnc4n3-c3ccccc3)c3ccccc23)cc1. The molecule has 7 rings (SSSR count). The molecule has 0 aliphatic carbocycles. The molecule has 0 spiro atoms. The number of fused-ring (bicyclic) bond motifs is 3. The second-order valence-electron chi connectivity index (χ2n) is 8.66. The summed E-state index contributed by atoms with van der Waals surface area (Å²) in [5.41, 5.74) is 6.37. The average Bonchev–Trinajstić information content (AvgIpc) is 3.31. The summed E-state index contributed by atoms with van der Waals surface area (Å²) in [6.07, 6.45) is 1.84. The van der Waals surface area contributed by atoms with Crippen LogP contribution in [0.3, 0.4) is 0 Å². The van der Waals surface area contributed by atoms with Crippen molar-refractivity contribution in [3.63, 3.8) is 0 Å². The van der Waals surface area contributed by atoms with Gasteiger partial charge in [0.1, 0.15) is 11.3 Å². The van der Waals surface area contributed by atoms with Gasteiger partial charge in [0.05, 0.1) is 0 Å². The molecule has 0 aliphatic rings. The summed E-state index contributed by atoms with van der Waals surface area (Å²) in [5.74, 6) is 0.900. The standard InChI is InChI=1S/C32H21N3/c1-3-12-22(13-4-1)29-24-16-7-9-18-26(24)30(27-19-10-8-17-25(27)29)32-34-28-20-11-21-33-31(28)35(32)23-14-5-2-6-15-23/h1-21H. The van der Waals surface area contributed by atoms with Crippen molar-refractivity contribution in [1.82, 2.24) is 14.5 Å². The van der Waals surface area contributed by atoms with Crippen LogP contribution in [0.25, 0.3) is 60.9 Å². The highest BCUT2D eigenvalue weighted by atomic mass is 15.1. The van der Waals surface area contributed by atoms with Crippen molar-refractivity contribution < 1.29 is 0 Å². The molecule has 3 nitrogen and oxygen atoms in total. The van der Waals surface area contributed by atoms with Crippen LogP contribution in [-0.4, -0.2) is 14.5 Å². The molecule has 2 heterocycles. The molecule has 0 amide bonds. The molecule has 0 unspecified atom stereocenters. The van der Waals surface area contributed by atoms with Gasteiger partial charge in [0.2, 0.25) is 0 Å². The summed E-state index contributed by atoms with van der Waals surface area (Å²) in [5, 5.41) is 4.79. The number of rotatable bonds is 3. The lowest BCUT2D eigenvalue weighted by molar-refractivity contribution is 1.08. The fourth-order valence-corrected chi connectivity index (χ4v) is 5.19. The van der Waals surface area contributed by atoms with E-state index in [-0.39, 0.29) is 0 Å².